The molecule has 7 heteroatoms. The number of benzene rings is 2. The molecule has 2 aromatic rings. The second kappa shape index (κ2) is 6.04. The zero-order valence-electron chi connectivity index (χ0n) is 17.2. The molecule has 4 aliphatic rings. The first-order valence-corrected chi connectivity index (χ1v) is 10.2. The van der Waals surface area contributed by atoms with Gasteiger partial charge in [-0.05, 0) is 41.9 Å². The number of ether oxygens (including phenoxy) is 5. The average Bonchev–Trinajstić information content (AvgIpc) is 3.35. The number of hydrogen-bond acceptors (Lipinski definition) is 7. The molecular weight excluding hydrogens is 386 g/mol. The molecule has 0 saturated heterocycles. The highest BCUT2D eigenvalue weighted by Crippen LogP contribution is 2.57. The fourth-order valence-electron chi connectivity index (χ4n) is 5.75. The first-order chi connectivity index (χ1) is 14.5. The Kier molecular flexibility index (Phi) is 3.60. The summed E-state index contributed by atoms with van der Waals surface area (Å²) in [6.45, 7) is 4.84. The van der Waals surface area contributed by atoms with Gasteiger partial charge in [0.1, 0.15) is 6.10 Å². The minimum Gasteiger partial charge on any atom is -0.461 e. The topological polar surface area (TPSA) is 66.5 Å². The van der Waals surface area contributed by atoms with Gasteiger partial charge in [0, 0.05) is 31.5 Å². The third-order valence-electron chi connectivity index (χ3n) is 6.95. The van der Waals surface area contributed by atoms with Gasteiger partial charge >= 0.3 is 5.97 Å². The molecule has 0 saturated carbocycles. The molecular formula is C23H23NO6. The molecule has 6 rings (SSSR count). The average molecular weight is 409 g/mol. The van der Waals surface area contributed by atoms with E-state index in [4.69, 9.17) is 23.7 Å². The summed E-state index contributed by atoms with van der Waals surface area (Å²) in [5.41, 5.74) is 4.10. The van der Waals surface area contributed by atoms with Crippen molar-refractivity contribution in [2.45, 2.75) is 44.4 Å². The molecule has 0 N–H and O–H groups in total. The zero-order chi connectivity index (χ0) is 20.6. The minimum absolute atomic E-state index is 0.00738. The van der Waals surface area contributed by atoms with Gasteiger partial charge in [0.2, 0.25) is 13.6 Å². The van der Waals surface area contributed by atoms with Crippen LogP contribution in [0.4, 0.5) is 0 Å². The first-order valence-electron chi connectivity index (χ1n) is 10.2. The molecule has 0 bridgehead atoms. The fourth-order valence-corrected chi connectivity index (χ4v) is 5.75. The number of fused-ring (bicyclic) bond motifs is 8. The Morgan fingerprint density at radius 3 is 2.63 bits per heavy atom. The van der Waals surface area contributed by atoms with Crippen molar-refractivity contribution in [3.63, 3.8) is 0 Å². The van der Waals surface area contributed by atoms with E-state index < -0.39 is 5.41 Å². The Morgan fingerprint density at radius 1 is 1.10 bits per heavy atom. The van der Waals surface area contributed by atoms with Crippen molar-refractivity contribution in [3.05, 3.63) is 46.5 Å². The zero-order valence-corrected chi connectivity index (χ0v) is 17.2. The van der Waals surface area contributed by atoms with Crippen molar-refractivity contribution < 1.29 is 28.5 Å². The van der Waals surface area contributed by atoms with Crippen LogP contribution in [0.25, 0.3) is 0 Å². The number of hydrogen-bond donors (Lipinski definition) is 0. The van der Waals surface area contributed by atoms with Gasteiger partial charge in [0.15, 0.2) is 23.0 Å². The number of likely N-dealkylation sites (N-methyl/N-ethyl adjacent to an activating group) is 1. The van der Waals surface area contributed by atoms with E-state index in [-0.39, 0.29) is 31.7 Å². The van der Waals surface area contributed by atoms with Crippen LogP contribution in [0.3, 0.4) is 0 Å². The van der Waals surface area contributed by atoms with Crippen LogP contribution < -0.4 is 18.9 Å². The number of carbonyl (C=O) groups is 1. The van der Waals surface area contributed by atoms with Crippen molar-refractivity contribution in [1.82, 2.24) is 4.90 Å². The van der Waals surface area contributed by atoms with Crippen LogP contribution in [0.15, 0.2) is 24.3 Å². The minimum atomic E-state index is -0.463. The maximum absolute atomic E-state index is 12.1. The van der Waals surface area contributed by atoms with Gasteiger partial charge in [-0.2, -0.15) is 0 Å². The summed E-state index contributed by atoms with van der Waals surface area (Å²) in [5, 5.41) is 0. The molecule has 2 aromatic carbocycles. The Bertz CT molecular complexity index is 1080. The maximum Gasteiger partial charge on any atom is 0.302 e. The van der Waals surface area contributed by atoms with E-state index in [1.54, 1.807) is 0 Å². The molecule has 3 atom stereocenters. The molecule has 0 aromatic heterocycles. The van der Waals surface area contributed by atoms with E-state index in [1.165, 1.54) is 12.5 Å². The van der Waals surface area contributed by atoms with Gasteiger partial charge in [-0.3, -0.25) is 9.69 Å². The standard InChI is InChI=1S/C23H23NO6/c1-12(25)30-20-7-13-6-18-19(28-10-27-18)8-14(13)22-23(20,2)16-4-5-17-21(29-11-26-17)15(16)9-24(22)3/h4-6,8,20,22H,7,9-11H2,1-3H3/t20?,22-,23?/m0/s1. The lowest BCUT2D eigenvalue weighted by molar-refractivity contribution is -0.153. The number of carbonyl (C=O) groups excluding carboxylic acids is 1. The summed E-state index contributed by atoms with van der Waals surface area (Å²) in [4.78, 5) is 14.4. The summed E-state index contributed by atoms with van der Waals surface area (Å²) in [7, 11) is 2.10. The Labute approximate surface area is 174 Å². The summed E-state index contributed by atoms with van der Waals surface area (Å²) in [5.74, 6) is 2.82. The van der Waals surface area contributed by atoms with Gasteiger partial charge in [-0.25, -0.2) is 0 Å². The fraction of sp³-hybridized carbons (Fsp3) is 0.435. The number of esters is 1. The van der Waals surface area contributed by atoms with E-state index in [0.29, 0.717) is 13.0 Å². The molecule has 0 radical (unpaired) electrons. The summed E-state index contributed by atoms with van der Waals surface area (Å²) in [6, 6.07) is 8.22. The van der Waals surface area contributed by atoms with E-state index in [1.807, 2.05) is 12.1 Å². The molecule has 0 spiro atoms. The third kappa shape index (κ3) is 2.27. The van der Waals surface area contributed by atoms with Crippen molar-refractivity contribution in [2.75, 3.05) is 20.6 Å². The van der Waals surface area contributed by atoms with Gasteiger partial charge in [-0.15, -0.1) is 0 Å². The van der Waals surface area contributed by atoms with E-state index >= 15 is 0 Å². The monoisotopic (exact) mass is 409 g/mol. The highest BCUT2D eigenvalue weighted by molar-refractivity contribution is 5.67. The summed E-state index contributed by atoms with van der Waals surface area (Å²) >= 11 is 0. The Morgan fingerprint density at radius 2 is 1.83 bits per heavy atom. The van der Waals surface area contributed by atoms with Crippen molar-refractivity contribution in [1.29, 1.82) is 0 Å². The van der Waals surface area contributed by atoms with E-state index in [9.17, 15) is 4.79 Å². The Hall–Kier alpha value is -2.93. The quantitative estimate of drug-likeness (QED) is 0.671. The van der Waals surface area contributed by atoms with Crippen LogP contribution in [0.5, 0.6) is 23.0 Å². The van der Waals surface area contributed by atoms with Gasteiger partial charge < -0.3 is 23.7 Å². The molecule has 156 valence electrons. The lowest BCUT2D eigenvalue weighted by Crippen LogP contribution is -2.56. The summed E-state index contributed by atoms with van der Waals surface area (Å²) < 4.78 is 28.7. The largest absolute Gasteiger partial charge is 0.461 e. The van der Waals surface area contributed by atoms with E-state index in [2.05, 4.69) is 31.0 Å². The third-order valence-corrected chi connectivity index (χ3v) is 6.95. The predicted molar refractivity (Wildman–Crippen MR) is 106 cm³/mol. The molecule has 7 nitrogen and oxygen atoms in total. The van der Waals surface area contributed by atoms with Gasteiger partial charge in [0.25, 0.3) is 0 Å². The van der Waals surface area contributed by atoms with Gasteiger partial charge in [0.05, 0.1) is 5.41 Å². The molecule has 0 amide bonds. The normalized spacial score (nSPS) is 27.8. The van der Waals surface area contributed by atoms with Crippen LogP contribution in [0, 0.1) is 0 Å². The number of rotatable bonds is 1. The molecule has 3 aliphatic heterocycles. The highest BCUT2D eigenvalue weighted by Gasteiger charge is 2.55. The molecule has 0 fully saturated rings. The molecule has 30 heavy (non-hydrogen) atoms. The van der Waals surface area contributed by atoms with Crippen LogP contribution in [-0.4, -0.2) is 37.6 Å². The maximum atomic E-state index is 12.1. The SMILES string of the molecule is CC(=O)OC1Cc2cc3c(cc2[C@@H]2N(C)Cc4c(ccc5c4OCO5)C12C)OCO3. The highest BCUT2D eigenvalue weighted by atomic mass is 16.7. The smallest absolute Gasteiger partial charge is 0.302 e. The van der Waals surface area contributed by atoms with Crippen LogP contribution in [0.2, 0.25) is 0 Å². The second-order valence-electron chi connectivity index (χ2n) is 8.63. The van der Waals surface area contributed by atoms with Crippen LogP contribution in [0.1, 0.15) is 42.1 Å². The van der Waals surface area contributed by atoms with Crippen molar-refractivity contribution >= 4 is 5.97 Å². The predicted octanol–water partition coefficient (Wildman–Crippen LogP) is 3.08. The Balaban J connectivity index is 1.59. The van der Waals surface area contributed by atoms with Gasteiger partial charge in [-0.1, -0.05) is 13.0 Å². The first kappa shape index (κ1) is 17.9. The van der Waals surface area contributed by atoms with Crippen LogP contribution in [-0.2, 0) is 27.9 Å². The molecule has 1 aliphatic carbocycles. The lowest BCUT2D eigenvalue weighted by atomic mass is 9.60. The number of nitrogens with zero attached hydrogens (tertiary/aromatic N) is 1. The van der Waals surface area contributed by atoms with Crippen LogP contribution >= 0.6 is 0 Å². The van der Waals surface area contributed by atoms with Crippen molar-refractivity contribution in [3.8, 4) is 23.0 Å². The van der Waals surface area contributed by atoms with Crippen molar-refractivity contribution in [2.24, 2.45) is 0 Å². The summed E-state index contributed by atoms with van der Waals surface area (Å²) in [6.07, 6.45) is 0.287. The molecule has 2 unspecified atom stereocenters. The second-order valence-corrected chi connectivity index (χ2v) is 8.63. The molecule has 3 heterocycles. The lowest BCUT2D eigenvalue weighted by Gasteiger charge is -2.54. The van der Waals surface area contributed by atoms with E-state index in [0.717, 1.165) is 39.7 Å².